The van der Waals surface area contributed by atoms with Crippen molar-refractivity contribution in [1.29, 1.82) is 0 Å². The molecule has 0 spiro atoms. The Balaban J connectivity index is 1.86. The molecule has 0 aromatic carbocycles. The summed E-state index contributed by atoms with van der Waals surface area (Å²) in [5.41, 5.74) is 0.394. The fourth-order valence-corrected chi connectivity index (χ4v) is 2.24. The van der Waals surface area contributed by atoms with E-state index in [4.69, 9.17) is 5.11 Å². The summed E-state index contributed by atoms with van der Waals surface area (Å²) < 4.78 is 13.5. The maximum Gasteiger partial charge on any atom is 0.315 e. The second kappa shape index (κ2) is 6.47. The van der Waals surface area contributed by atoms with Gasteiger partial charge in [0, 0.05) is 30.3 Å². The molecule has 2 rings (SSSR count). The number of urea groups is 1. The van der Waals surface area contributed by atoms with E-state index in [1.54, 1.807) is 6.92 Å². The Hall–Kier alpha value is -1.95. The molecule has 1 unspecified atom stereocenters. The summed E-state index contributed by atoms with van der Waals surface area (Å²) in [6, 6.07) is 0.637. The summed E-state index contributed by atoms with van der Waals surface area (Å²) in [6.07, 6.45) is 7.04. The number of rotatable bonds is 4. The molecular formula is C14H18FN3O2. The summed E-state index contributed by atoms with van der Waals surface area (Å²) in [7, 11) is 0. The number of amides is 2. The average Bonchev–Trinajstić information content (AvgIpc) is 2.86. The molecule has 108 valence electrons. The Kier molecular flexibility index (Phi) is 4.68. The number of aliphatic hydroxyl groups is 1. The van der Waals surface area contributed by atoms with Gasteiger partial charge in [0.15, 0.2) is 0 Å². The number of carbonyl (C=O) groups is 1. The smallest absolute Gasteiger partial charge is 0.315 e. The molecule has 1 aromatic rings. The third kappa shape index (κ3) is 3.54. The van der Waals surface area contributed by atoms with E-state index in [0.717, 1.165) is 6.20 Å². The van der Waals surface area contributed by atoms with Crippen LogP contribution in [0.4, 0.5) is 9.18 Å². The lowest BCUT2D eigenvalue weighted by Gasteiger charge is -2.18. The van der Waals surface area contributed by atoms with Crippen LogP contribution in [0.3, 0.4) is 0 Å². The van der Waals surface area contributed by atoms with E-state index in [9.17, 15) is 9.18 Å². The normalized spacial score (nSPS) is 22.6. The third-order valence-electron chi connectivity index (χ3n) is 3.34. The van der Waals surface area contributed by atoms with Crippen LogP contribution in [-0.2, 0) is 0 Å². The van der Waals surface area contributed by atoms with E-state index in [1.165, 1.54) is 12.3 Å². The van der Waals surface area contributed by atoms with Gasteiger partial charge in [0.2, 0.25) is 0 Å². The zero-order valence-corrected chi connectivity index (χ0v) is 11.2. The number of hydrogen-bond acceptors (Lipinski definition) is 3. The van der Waals surface area contributed by atoms with Crippen molar-refractivity contribution in [2.75, 3.05) is 6.61 Å². The molecule has 1 aromatic heterocycles. The zero-order valence-electron chi connectivity index (χ0n) is 11.2. The van der Waals surface area contributed by atoms with Crippen molar-refractivity contribution < 1.29 is 14.3 Å². The molecule has 6 heteroatoms. The van der Waals surface area contributed by atoms with Crippen molar-refractivity contribution in [2.45, 2.75) is 25.4 Å². The van der Waals surface area contributed by atoms with Crippen LogP contribution in [0.1, 0.15) is 24.9 Å². The molecule has 0 saturated carbocycles. The fourth-order valence-electron chi connectivity index (χ4n) is 2.24. The van der Waals surface area contributed by atoms with Gasteiger partial charge in [0.25, 0.3) is 0 Å². The van der Waals surface area contributed by atoms with Gasteiger partial charge in [0.1, 0.15) is 5.82 Å². The Morgan fingerprint density at radius 3 is 3.05 bits per heavy atom. The number of halogens is 1. The molecule has 0 radical (unpaired) electrons. The summed E-state index contributed by atoms with van der Waals surface area (Å²) in [5, 5.41) is 14.5. The maximum atomic E-state index is 13.5. The SMILES string of the molecule is CC(NC(=O)N[C@@H]1C=C[C@H](CO)C1)c1ccncc1F. The van der Waals surface area contributed by atoms with Gasteiger partial charge < -0.3 is 15.7 Å². The third-order valence-corrected chi connectivity index (χ3v) is 3.34. The predicted molar refractivity (Wildman–Crippen MR) is 72.4 cm³/mol. The van der Waals surface area contributed by atoms with Crippen LogP contribution in [0.25, 0.3) is 0 Å². The van der Waals surface area contributed by atoms with Crippen molar-refractivity contribution >= 4 is 6.03 Å². The van der Waals surface area contributed by atoms with Crippen LogP contribution in [-0.4, -0.2) is 28.8 Å². The first-order chi connectivity index (χ1) is 9.60. The monoisotopic (exact) mass is 279 g/mol. The number of aliphatic hydroxyl groups excluding tert-OH is 1. The largest absolute Gasteiger partial charge is 0.396 e. The van der Waals surface area contributed by atoms with Crippen LogP contribution in [0.15, 0.2) is 30.6 Å². The van der Waals surface area contributed by atoms with Crippen molar-refractivity contribution in [2.24, 2.45) is 5.92 Å². The minimum Gasteiger partial charge on any atom is -0.396 e. The molecule has 5 nitrogen and oxygen atoms in total. The Morgan fingerprint density at radius 2 is 2.40 bits per heavy atom. The van der Waals surface area contributed by atoms with E-state index in [2.05, 4.69) is 15.6 Å². The van der Waals surface area contributed by atoms with Gasteiger partial charge in [-0.15, -0.1) is 0 Å². The Bertz CT molecular complexity index is 507. The molecule has 0 aliphatic heterocycles. The van der Waals surface area contributed by atoms with Crippen LogP contribution < -0.4 is 10.6 Å². The first kappa shape index (κ1) is 14.5. The number of nitrogens with zero attached hydrogens (tertiary/aromatic N) is 1. The van der Waals surface area contributed by atoms with Gasteiger partial charge in [-0.2, -0.15) is 0 Å². The number of nitrogens with one attached hydrogen (secondary N) is 2. The predicted octanol–water partition coefficient (Wildman–Crippen LogP) is 1.52. The molecule has 20 heavy (non-hydrogen) atoms. The number of pyridine rings is 1. The standard InChI is InChI=1S/C14H18FN3O2/c1-9(12-4-5-16-7-13(12)15)17-14(20)18-11-3-2-10(6-11)8-19/h2-5,7,9-11,19H,6,8H2,1H3,(H2,17,18,20)/t9?,10-,11+/m0/s1. The zero-order chi connectivity index (χ0) is 14.5. The maximum absolute atomic E-state index is 13.5. The van der Waals surface area contributed by atoms with E-state index in [1.807, 2.05) is 12.2 Å². The lowest BCUT2D eigenvalue weighted by molar-refractivity contribution is 0.229. The molecule has 0 saturated heterocycles. The summed E-state index contributed by atoms with van der Waals surface area (Å²) in [5.74, 6) is -0.350. The molecule has 0 bridgehead atoms. The topological polar surface area (TPSA) is 74.2 Å². The molecule has 3 N–H and O–H groups in total. The van der Waals surface area contributed by atoms with Crippen LogP contribution >= 0.6 is 0 Å². The second-order valence-corrected chi connectivity index (χ2v) is 4.91. The number of aromatic nitrogens is 1. The lowest BCUT2D eigenvalue weighted by Crippen LogP contribution is -2.42. The van der Waals surface area contributed by atoms with Gasteiger partial charge in [-0.1, -0.05) is 12.2 Å². The van der Waals surface area contributed by atoms with Crippen molar-refractivity contribution in [3.05, 3.63) is 42.0 Å². The highest BCUT2D eigenvalue weighted by molar-refractivity contribution is 5.75. The second-order valence-electron chi connectivity index (χ2n) is 4.91. The first-order valence-corrected chi connectivity index (χ1v) is 6.55. The summed E-state index contributed by atoms with van der Waals surface area (Å²) in [4.78, 5) is 15.5. The van der Waals surface area contributed by atoms with Gasteiger partial charge in [-0.3, -0.25) is 4.98 Å². The highest BCUT2D eigenvalue weighted by Crippen LogP contribution is 2.18. The van der Waals surface area contributed by atoms with Crippen molar-refractivity contribution in [3.63, 3.8) is 0 Å². The van der Waals surface area contributed by atoms with E-state index in [-0.39, 0.29) is 24.6 Å². The van der Waals surface area contributed by atoms with E-state index < -0.39 is 11.9 Å². The number of hydrogen-bond donors (Lipinski definition) is 3. The van der Waals surface area contributed by atoms with Crippen molar-refractivity contribution in [1.82, 2.24) is 15.6 Å². The summed E-state index contributed by atoms with van der Waals surface area (Å²) >= 11 is 0. The van der Waals surface area contributed by atoms with Crippen molar-refractivity contribution in [3.8, 4) is 0 Å². The van der Waals surface area contributed by atoms with Gasteiger partial charge in [-0.25, -0.2) is 9.18 Å². The summed E-state index contributed by atoms with van der Waals surface area (Å²) in [6.45, 7) is 1.79. The van der Waals surface area contributed by atoms with E-state index >= 15 is 0 Å². The quantitative estimate of drug-likeness (QED) is 0.732. The molecular weight excluding hydrogens is 261 g/mol. The fraction of sp³-hybridized carbons (Fsp3) is 0.429. The molecule has 3 atom stereocenters. The first-order valence-electron chi connectivity index (χ1n) is 6.55. The molecule has 1 heterocycles. The Morgan fingerprint density at radius 1 is 1.60 bits per heavy atom. The molecule has 1 aliphatic carbocycles. The molecule has 1 aliphatic rings. The van der Waals surface area contributed by atoms with E-state index in [0.29, 0.717) is 12.0 Å². The highest BCUT2D eigenvalue weighted by Gasteiger charge is 2.21. The number of carbonyl (C=O) groups excluding carboxylic acids is 1. The minimum absolute atomic E-state index is 0.0783. The van der Waals surface area contributed by atoms with Crippen LogP contribution in [0.2, 0.25) is 0 Å². The lowest BCUT2D eigenvalue weighted by atomic mass is 10.1. The molecule has 2 amide bonds. The molecule has 0 fully saturated rings. The highest BCUT2D eigenvalue weighted by atomic mass is 19.1. The van der Waals surface area contributed by atoms with Crippen LogP contribution in [0, 0.1) is 11.7 Å². The van der Waals surface area contributed by atoms with Gasteiger partial charge in [0.05, 0.1) is 12.2 Å². The van der Waals surface area contributed by atoms with Crippen LogP contribution in [0.5, 0.6) is 0 Å². The van der Waals surface area contributed by atoms with Gasteiger partial charge in [-0.05, 0) is 19.4 Å². The minimum atomic E-state index is -0.447. The van der Waals surface area contributed by atoms with Gasteiger partial charge >= 0.3 is 6.03 Å². The Labute approximate surface area is 116 Å². The average molecular weight is 279 g/mol.